The van der Waals surface area contributed by atoms with Crippen molar-refractivity contribution in [2.75, 3.05) is 6.54 Å². The summed E-state index contributed by atoms with van der Waals surface area (Å²) in [6, 6.07) is 0.173. The van der Waals surface area contributed by atoms with Crippen molar-refractivity contribution < 1.29 is 4.79 Å². The van der Waals surface area contributed by atoms with Gasteiger partial charge in [0, 0.05) is 13.0 Å². The summed E-state index contributed by atoms with van der Waals surface area (Å²) < 4.78 is 0. The molecule has 1 rings (SSSR count). The molecule has 1 unspecified atom stereocenters. The van der Waals surface area contributed by atoms with Crippen molar-refractivity contribution in [3.63, 3.8) is 0 Å². The van der Waals surface area contributed by atoms with Gasteiger partial charge in [-0.3, -0.25) is 4.79 Å². The number of amides is 1. The molecule has 0 fully saturated rings. The summed E-state index contributed by atoms with van der Waals surface area (Å²) in [6.45, 7) is 9.99. The topological polar surface area (TPSA) is 20.3 Å². The van der Waals surface area contributed by atoms with E-state index in [-0.39, 0.29) is 11.9 Å². The molecule has 0 spiro atoms. The Balaban J connectivity index is 2.82. The van der Waals surface area contributed by atoms with Gasteiger partial charge in [-0.2, -0.15) is 0 Å². The molecule has 0 bridgehead atoms. The molecule has 0 saturated carbocycles. The molecule has 0 aliphatic carbocycles. The largest absolute Gasteiger partial charge is 0.332 e. The Kier molecular flexibility index (Phi) is 3.69. The minimum absolute atomic E-state index is 0.173. The molecular formula is C12H17NO. The standard InChI is InChI=1S/C12H17NO/c1-4-6-11-8-10(3)9-12(14)13(11)7-5-2/h4-5,8,11H,1-2,6-7,9H2,3H3. The average molecular weight is 191 g/mol. The zero-order chi connectivity index (χ0) is 10.6. The summed E-state index contributed by atoms with van der Waals surface area (Å²) in [6.07, 6.45) is 7.12. The molecule has 1 aliphatic heterocycles. The number of nitrogens with zero attached hydrogens (tertiary/aromatic N) is 1. The highest BCUT2D eigenvalue weighted by Crippen LogP contribution is 2.19. The molecule has 1 aliphatic rings. The Labute approximate surface area is 85.6 Å². The van der Waals surface area contributed by atoms with Crippen LogP contribution in [0, 0.1) is 0 Å². The zero-order valence-electron chi connectivity index (χ0n) is 8.70. The summed E-state index contributed by atoms with van der Waals surface area (Å²) in [5, 5.41) is 0. The van der Waals surface area contributed by atoms with E-state index in [2.05, 4.69) is 19.2 Å². The molecule has 76 valence electrons. The fourth-order valence-electron chi connectivity index (χ4n) is 1.74. The Morgan fingerprint density at radius 2 is 2.29 bits per heavy atom. The van der Waals surface area contributed by atoms with Gasteiger partial charge in [0.1, 0.15) is 0 Å². The fourth-order valence-corrected chi connectivity index (χ4v) is 1.74. The predicted octanol–water partition coefficient (Wildman–Crippen LogP) is 2.30. The number of hydrogen-bond donors (Lipinski definition) is 0. The van der Waals surface area contributed by atoms with Crippen LogP contribution >= 0.6 is 0 Å². The van der Waals surface area contributed by atoms with E-state index in [1.807, 2.05) is 17.9 Å². The highest BCUT2D eigenvalue weighted by atomic mass is 16.2. The maximum Gasteiger partial charge on any atom is 0.227 e. The smallest absolute Gasteiger partial charge is 0.227 e. The van der Waals surface area contributed by atoms with Gasteiger partial charge in [0.15, 0.2) is 0 Å². The van der Waals surface area contributed by atoms with Crippen molar-refractivity contribution in [2.24, 2.45) is 0 Å². The van der Waals surface area contributed by atoms with Crippen molar-refractivity contribution >= 4 is 5.91 Å². The molecule has 14 heavy (non-hydrogen) atoms. The van der Waals surface area contributed by atoms with E-state index in [1.54, 1.807) is 6.08 Å². The van der Waals surface area contributed by atoms with Crippen LogP contribution in [0.4, 0.5) is 0 Å². The molecule has 0 aromatic heterocycles. The number of carbonyl (C=O) groups is 1. The second-order valence-electron chi connectivity index (χ2n) is 3.62. The lowest BCUT2D eigenvalue weighted by Crippen LogP contribution is -2.41. The van der Waals surface area contributed by atoms with Crippen LogP contribution in [0.15, 0.2) is 37.0 Å². The highest BCUT2D eigenvalue weighted by Gasteiger charge is 2.24. The van der Waals surface area contributed by atoms with E-state index in [1.165, 1.54) is 0 Å². The Morgan fingerprint density at radius 1 is 1.57 bits per heavy atom. The monoisotopic (exact) mass is 191 g/mol. The van der Waals surface area contributed by atoms with Crippen LogP contribution in [0.5, 0.6) is 0 Å². The van der Waals surface area contributed by atoms with Gasteiger partial charge in [0.05, 0.1) is 6.04 Å². The van der Waals surface area contributed by atoms with Crippen LogP contribution < -0.4 is 0 Å². The maximum atomic E-state index is 11.7. The van der Waals surface area contributed by atoms with Crippen LogP contribution in [0.3, 0.4) is 0 Å². The van der Waals surface area contributed by atoms with E-state index in [0.29, 0.717) is 13.0 Å². The van der Waals surface area contributed by atoms with Crippen molar-refractivity contribution in [2.45, 2.75) is 25.8 Å². The molecule has 2 heteroatoms. The van der Waals surface area contributed by atoms with Gasteiger partial charge in [-0.1, -0.05) is 23.8 Å². The van der Waals surface area contributed by atoms with E-state index in [0.717, 1.165) is 12.0 Å². The quantitative estimate of drug-likeness (QED) is 0.624. The van der Waals surface area contributed by atoms with Gasteiger partial charge in [-0.15, -0.1) is 13.2 Å². The molecule has 1 atom stereocenters. The first kappa shape index (κ1) is 10.8. The van der Waals surface area contributed by atoms with Crippen LogP contribution in [-0.4, -0.2) is 23.4 Å². The van der Waals surface area contributed by atoms with Gasteiger partial charge in [-0.25, -0.2) is 0 Å². The SMILES string of the molecule is C=CCC1C=C(C)CC(=O)N1CC=C. The first-order valence-electron chi connectivity index (χ1n) is 4.87. The molecule has 0 aromatic rings. The van der Waals surface area contributed by atoms with Gasteiger partial charge in [0.2, 0.25) is 5.91 Å². The van der Waals surface area contributed by atoms with E-state index in [4.69, 9.17) is 0 Å². The molecule has 0 radical (unpaired) electrons. The third-order valence-corrected chi connectivity index (χ3v) is 2.36. The fraction of sp³-hybridized carbons (Fsp3) is 0.417. The predicted molar refractivity (Wildman–Crippen MR) is 58.9 cm³/mol. The number of hydrogen-bond acceptors (Lipinski definition) is 1. The lowest BCUT2D eigenvalue weighted by molar-refractivity contribution is -0.131. The molecule has 1 amide bonds. The summed E-state index contributed by atoms with van der Waals surface area (Å²) in [5.74, 6) is 0.191. The minimum Gasteiger partial charge on any atom is -0.332 e. The van der Waals surface area contributed by atoms with Crippen molar-refractivity contribution in [3.05, 3.63) is 37.0 Å². The molecule has 0 N–H and O–H groups in total. The van der Waals surface area contributed by atoms with Crippen LogP contribution in [0.25, 0.3) is 0 Å². The summed E-state index contributed by atoms with van der Waals surface area (Å²) in [4.78, 5) is 13.5. The zero-order valence-corrected chi connectivity index (χ0v) is 8.70. The van der Waals surface area contributed by atoms with E-state index in [9.17, 15) is 4.79 Å². The van der Waals surface area contributed by atoms with E-state index < -0.39 is 0 Å². The van der Waals surface area contributed by atoms with Crippen LogP contribution in [0.2, 0.25) is 0 Å². The molecular weight excluding hydrogens is 174 g/mol. The summed E-state index contributed by atoms with van der Waals surface area (Å²) in [7, 11) is 0. The number of rotatable bonds is 4. The first-order chi connectivity index (χ1) is 6.69. The van der Waals surface area contributed by atoms with Gasteiger partial charge in [0.25, 0.3) is 0 Å². The average Bonchev–Trinajstić information content (AvgIpc) is 2.11. The van der Waals surface area contributed by atoms with Gasteiger partial charge in [-0.05, 0) is 13.3 Å². The van der Waals surface area contributed by atoms with Crippen molar-refractivity contribution in [1.29, 1.82) is 0 Å². The van der Waals surface area contributed by atoms with Gasteiger partial charge >= 0.3 is 0 Å². The van der Waals surface area contributed by atoms with Crippen molar-refractivity contribution in [3.8, 4) is 0 Å². The highest BCUT2D eigenvalue weighted by molar-refractivity contribution is 5.80. The van der Waals surface area contributed by atoms with Crippen LogP contribution in [-0.2, 0) is 4.79 Å². The maximum absolute atomic E-state index is 11.7. The molecule has 0 aromatic carbocycles. The molecule has 0 saturated heterocycles. The second-order valence-corrected chi connectivity index (χ2v) is 3.62. The summed E-state index contributed by atoms with van der Waals surface area (Å²) in [5.41, 5.74) is 1.15. The summed E-state index contributed by atoms with van der Waals surface area (Å²) >= 11 is 0. The van der Waals surface area contributed by atoms with Gasteiger partial charge < -0.3 is 4.90 Å². The minimum atomic E-state index is 0.173. The number of carbonyl (C=O) groups excluding carboxylic acids is 1. The van der Waals surface area contributed by atoms with Crippen LogP contribution in [0.1, 0.15) is 19.8 Å². The van der Waals surface area contributed by atoms with E-state index >= 15 is 0 Å². The molecule has 1 heterocycles. The lowest BCUT2D eigenvalue weighted by atomic mass is 10.0. The normalized spacial score (nSPS) is 21.8. The Morgan fingerprint density at radius 3 is 2.86 bits per heavy atom. The Hall–Kier alpha value is -1.31. The van der Waals surface area contributed by atoms with Crippen molar-refractivity contribution in [1.82, 2.24) is 4.90 Å². The lowest BCUT2D eigenvalue weighted by Gasteiger charge is -2.32. The third-order valence-electron chi connectivity index (χ3n) is 2.36. The second kappa shape index (κ2) is 4.80. The first-order valence-corrected chi connectivity index (χ1v) is 4.87. The third kappa shape index (κ3) is 2.34. The molecule has 2 nitrogen and oxygen atoms in total. The Bertz CT molecular complexity index is 278.